The van der Waals surface area contributed by atoms with Crippen molar-refractivity contribution in [3.8, 4) is 0 Å². The lowest BCUT2D eigenvalue weighted by Gasteiger charge is -2.41. The summed E-state index contributed by atoms with van der Waals surface area (Å²) >= 11 is 0. The molecule has 0 saturated heterocycles. The summed E-state index contributed by atoms with van der Waals surface area (Å²) < 4.78 is 0. The molecular formula is C15H31NO. The molecule has 2 nitrogen and oxygen atoms in total. The minimum Gasteiger partial charge on any atom is -0.389 e. The van der Waals surface area contributed by atoms with Gasteiger partial charge < -0.3 is 10.4 Å². The molecule has 2 heteroatoms. The summed E-state index contributed by atoms with van der Waals surface area (Å²) in [7, 11) is 0. The maximum atomic E-state index is 10.3. The number of hydrogen-bond donors (Lipinski definition) is 2. The van der Waals surface area contributed by atoms with Gasteiger partial charge in [-0.15, -0.1) is 0 Å². The Balaban J connectivity index is 2.43. The largest absolute Gasteiger partial charge is 0.389 e. The Hall–Kier alpha value is -0.0800. The molecule has 0 aromatic carbocycles. The zero-order valence-electron chi connectivity index (χ0n) is 12.3. The predicted molar refractivity (Wildman–Crippen MR) is 74.1 cm³/mol. The summed E-state index contributed by atoms with van der Waals surface area (Å²) in [4.78, 5) is 0. The van der Waals surface area contributed by atoms with E-state index in [0.717, 1.165) is 13.0 Å². The minimum atomic E-state index is -0.568. The Kier molecular flexibility index (Phi) is 5.03. The lowest BCUT2D eigenvalue weighted by atomic mass is 9.73. The van der Waals surface area contributed by atoms with E-state index in [1.54, 1.807) is 0 Å². The highest BCUT2D eigenvalue weighted by molar-refractivity contribution is 4.90. The third-order valence-corrected chi connectivity index (χ3v) is 4.08. The van der Waals surface area contributed by atoms with Gasteiger partial charge in [-0.1, -0.05) is 40.5 Å². The molecule has 2 atom stereocenters. The molecule has 0 bridgehead atoms. The van der Waals surface area contributed by atoms with Crippen LogP contribution in [0.3, 0.4) is 0 Å². The average molecular weight is 241 g/mol. The predicted octanol–water partition coefficient (Wildman–Crippen LogP) is 3.34. The van der Waals surface area contributed by atoms with E-state index in [0.29, 0.717) is 17.4 Å². The molecule has 0 aliphatic heterocycles. The first-order chi connectivity index (χ1) is 7.73. The third kappa shape index (κ3) is 4.97. The molecule has 1 fully saturated rings. The molecule has 2 unspecified atom stereocenters. The van der Waals surface area contributed by atoms with Gasteiger partial charge in [-0.2, -0.15) is 0 Å². The van der Waals surface area contributed by atoms with Crippen molar-refractivity contribution in [1.29, 1.82) is 0 Å². The zero-order chi connectivity index (χ0) is 13.1. The highest BCUT2D eigenvalue weighted by Crippen LogP contribution is 2.35. The Morgan fingerprint density at radius 3 is 2.53 bits per heavy atom. The summed E-state index contributed by atoms with van der Waals surface area (Å²) in [6, 6.07) is 0.565. The lowest BCUT2D eigenvalue weighted by Crippen LogP contribution is -2.50. The highest BCUT2D eigenvalue weighted by Gasteiger charge is 2.33. The average Bonchev–Trinajstić information content (AvgIpc) is 2.13. The van der Waals surface area contributed by atoms with Gasteiger partial charge in [0.05, 0.1) is 5.60 Å². The zero-order valence-corrected chi connectivity index (χ0v) is 12.3. The Labute approximate surface area is 107 Å². The molecule has 0 aromatic rings. The fourth-order valence-corrected chi connectivity index (χ4v) is 3.17. The summed E-state index contributed by atoms with van der Waals surface area (Å²) in [5.74, 6) is 0.547. The minimum absolute atomic E-state index is 0.381. The maximum absolute atomic E-state index is 10.3. The van der Waals surface area contributed by atoms with Gasteiger partial charge in [0.1, 0.15) is 0 Å². The van der Waals surface area contributed by atoms with E-state index >= 15 is 0 Å². The van der Waals surface area contributed by atoms with Gasteiger partial charge in [0, 0.05) is 12.6 Å². The van der Waals surface area contributed by atoms with Crippen LogP contribution in [-0.2, 0) is 0 Å². The van der Waals surface area contributed by atoms with Crippen LogP contribution in [0.2, 0.25) is 0 Å². The van der Waals surface area contributed by atoms with Crippen molar-refractivity contribution >= 4 is 0 Å². The van der Waals surface area contributed by atoms with Crippen molar-refractivity contribution in [2.75, 3.05) is 6.54 Å². The SMILES string of the molecule is CC(C)CC(C)(O)CNC1CCCCC1(C)C. The molecule has 0 radical (unpaired) electrons. The van der Waals surface area contributed by atoms with Crippen LogP contribution in [-0.4, -0.2) is 23.3 Å². The van der Waals surface area contributed by atoms with Crippen molar-refractivity contribution in [1.82, 2.24) is 5.32 Å². The summed E-state index contributed by atoms with van der Waals surface area (Å²) in [5, 5.41) is 13.9. The van der Waals surface area contributed by atoms with Gasteiger partial charge in [0.2, 0.25) is 0 Å². The van der Waals surface area contributed by atoms with E-state index in [-0.39, 0.29) is 0 Å². The van der Waals surface area contributed by atoms with E-state index in [1.165, 1.54) is 25.7 Å². The van der Waals surface area contributed by atoms with E-state index in [2.05, 4.69) is 33.0 Å². The van der Waals surface area contributed by atoms with Crippen LogP contribution in [0.15, 0.2) is 0 Å². The van der Waals surface area contributed by atoms with E-state index in [4.69, 9.17) is 0 Å². The monoisotopic (exact) mass is 241 g/mol. The molecule has 1 rings (SSSR count). The van der Waals surface area contributed by atoms with Crippen LogP contribution in [0.25, 0.3) is 0 Å². The molecule has 1 aliphatic rings. The smallest absolute Gasteiger partial charge is 0.0746 e. The molecule has 1 saturated carbocycles. The second-order valence-electron chi connectivity index (χ2n) is 7.26. The molecule has 2 N–H and O–H groups in total. The fraction of sp³-hybridized carbons (Fsp3) is 1.00. The van der Waals surface area contributed by atoms with E-state index in [9.17, 15) is 5.11 Å². The van der Waals surface area contributed by atoms with Gasteiger partial charge >= 0.3 is 0 Å². The second-order valence-corrected chi connectivity index (χ2v) is 7.26. The molecular weight excluding hydrogens is 210 g/mol. The van der Waals surface area contributed by atoms with Crippen LogP contribution in [0, 0.1) is 11.3 Å². The second kappa shape index (κ2) is 5.71. The standard InChI is InChI=1S/C15H31NO/c1-12(2)10-15(5,17)11-16-13-8-6-7-9-14(13,3)4/h12-13,16-17H,6-11H2,1-5H3. The molecule has 0 aromatic heterocycles. The van der Waals surface area contributed by atoms with Crippen LogP contribution in [0.4, 0.5) is 0 Å². The fourth-order valence-electron chi connectivity index (χ4n) is 3.17. The summed E-state index contributed by atoms with van der Waals surface area (Å²) in [6.45, 7) is 11.7. The normalized spacial score (nSPS) is 28.1. The molecule has 17 heavy (non-hydrogen) atoms. The topological polar surface area (TPSA) is 32.3 Å². The van der Waals surface area contributed by atoms with Crippen LogP contribution in [0.1, 0.15) is 66.7 Å². The van der Waals surface area contributed by atoms with E-state index in [1.807, 2.05) is 6.92 Å². The third-order valence-electron chi connectivity index (χ3n) is 4.08. The number of aliphatic hydroxyl groups is 1. The van der Waals surface area contributed by atoms with Crippen molar-refractivity contribution < 1.29 is 5.11 Å². The van der Waals surface area contributed by atoms with Gasteiger partial charge in [-0.05, 0) is 37.5 Å². The van der Waals surface area contributed by atoms with Gasteiger partial charge in [0.15, 0.2) is 0 Å². The Bertz CT molecular complexity index is 233. The molecule has 0 heterocycles. The maximum Gasteiger partial charge on any atom is 0.0746 e. The highest BCUT2D eigenvalue weighted by atomic mass is 16.3. The number of rotatable bonds is 5. The number of nitrogens with one attached hydrogen (secondary N) is 1. The molecule has 1 aliphatic carbocycles. The van der Waals surface area contributed by atoms with Crippen molar-refractivity contribution in [2.45, 2.75) is 78.4 Å². The molecule has 102 valence electrons. The molecule has 0 spiro atoms. The Morgan fingerprint density at radius 2 is 2.00 bits per heavy atom. The number of hydrogen-bond acceptors (Lipinski definition) is 2. The van der Waals surface area contributed by atoms with Crippen LogP contribution < -0.4 is 5.32 Å². The Morgan fingerprint density at radius 1 is 1.35 bits per heavy atom. The van der Waals surface area contributed by atoms with Gasteiger partial charge in [0.25, 0.3) is 0 Å². The lowest BCUT2D eigenvalue weighted by molar-refractivity contribution is 0.0270. The van der Waals surface area contributed by atoms with Crippen molar-refractivity contribution in [2.24, 2.45) is 11.3 Å². The van der Waals surface area contributed by atoms with Gasteiger partial charge in [-0.25, -0.2) is 0 Å². The van der Waals surface area contributed by atoms with Crippen molar-refractivity contribution in [3.05, 3.63) is 0 Å². The first-order valence-corrected chi connectivity index (χ1v) is 7.19. The quantitative estimate of drug-likeness (QED) is 0.773. The van der Waals surface area contributed by atoms with Crippen LogP contribution >= 0.6 is 0 Å². The van der Waals surface area contributed by atoms with Gasteiger partial charge in [-0.3, -0.25) is 0 Å². The van der Waals surface area contributed by atoms with Crippen LogP contribution in [0.5, 0.6) is 0 Å². The van der Waals surface area contributed by atoms with Crippen molar-refractivity contribution in [3.63, 3.8) is 0 Å². The summed E-state index contributed by atoms with van der Waals surface area (Å²) in [6.07, 6.45) is 6.11. The first kappa shape index (κ1) is 15.0. The first-order valence-electron chi connectivity index (χ1n) is 7.19. The molecule has 0 amide bonds. The summed E-state index contributed by atoms with van der Waals surface area (Å²) in [5.41, 5.74) is -0.187. The van der Waals surface area contributed by atoms with E-state index < -0.39 is 5.60 Å².